The molecule has 130 valence electrons. The Morgan fingerprint density at radius 2 is 1.68 bits per heavy atom. The summed E-state index contributed by atoms with van der Waals surface area (Å²) in [6.07, 6.45) is 0. The molecule has 0 radical (unpaired) electrons. The number of methoxy groups -OCH3 is 1. The fraction of sp³-hybridized carbons (Fsp3) is 0.167. The lowest BCUT2D eigenvalue weighted by atomic mass is 10.2. The molecule has 7 nitrogen and oxygen atoms in total. The molecular formula is C18H19N3O4. The summed E-state index contributed by atoms with van der Waals surface area (Å²) < 4.78 is 4.66. The third kappa shape index (κ3) is 5.07. The summed E-state index contributed by atoms with van der Waals surface area (Å²) in [4.78, 5) is 34.9. The average molecular weight is 341 g/mol. The molecule has 0 aliphatic heterocycles. The van der Waals surface area contributed by atoms with Crippen molar-refractivity contribution < 1.29 is 19.1 Å². The van der Waals surface area contributed by atoms with Crippen LogP contribution in [0.25, 0.3) is 0 Å². The van der Waals surface area contributed by atoms with Gasteiger partial charge >= 0.3 is 5.97 Å². The van der Waals surface area contributed by atoms with Crippen molar-refractivity contribution in [3.63, 3.8) is 0 Å². The van der Waals surface area contributed by atoms with E-state index in [0.717, 1.165) is 0 Å². The maximum atomic E-state index is 12.0. The Hall–Kier alpha value is -3.35. The van der Waals surface area contributed by atoms with Gasteiger partial charge in [-0.3, -0.25) is 9.59 Å². The lowest BCUT2D eigenvalue weighted by Gasteiger charge is -2.09. The SMILES string of the molecule is CNC(=O)c1ccc(NC(=O)CNc2cccc(C(=O)OC)c2)cc1. The van der Waals surface area contributed by atoms with Crippen LogP contribution in [-0.2, 0) is 9.53 Å². The van der Waals surface area contributed by atoms with Gasteiger partial charge in [0, 0.05) is 24.0 Å². The Bertz CT molecular complexity index is 772. The van der Waals surface area contributed by atoms with E-state index in [0.29, 0.717) is 22.5 Å². The van der Waals surface area contributed by atoms with E-state index in [1.54, 1.807) is 55.6 Å². The number of benzene rings is 2. The van der Waals surface area contributed by atoms with Crippen LogP contribution < -0.4 is 16.0 Å². The number of carbonyl (C=O) groups is 3. The van der Waals surface area contributed by atoms with Gasteiger partial charge in [-0.2, -0.15) is 0 Å². The highest BCUT2D eigenvalue weighted by Crippen LogP contribution is 2.12. The molecule has 2 amide bonds. The Labute approximate surface area is 145 Å². The largest absolute Gasteiger partial charge is 0.465 e. The zero-order valence-corrected chi connectivity index (χ0v) is 14.0. The molecule has 0 aliphatic carbocycles. The summed E-state index contributed by atoms with van der Waals surface area (Å²) >= 11 is 0. The van der Waals surface area contributed by atoms with Gasteiger partial charge in [-0.15, -0.1) is 0 Å². The first-order valence-corrected chi connectivity index (χ1v) is 7.57. The third-order valence-electron chi connectivity index (χ3n) is 3.39. The van der Waals surface area contributed by atoms with E-state index >= 15 is 0 Å². The van der Waals surface area contributed by atoms with Crippen LogP contribution in [0, 0.1) is 0 Å². The summed E-state index contributed by atoms with van der Waals surface area (Å²) in [7, 11) is 2.87. The van der Waals surface area contributed by atoms with Gasteiger partial charge in [0.15, 0.2) is 0 Å². The predicted octanol–water partition coefficient (Wildman–Crippen LogP) is 1.88. The van der Waals surface area contributed by atoms with E-state index in [1.165, 1.54) is 7.11 Å². The van der Waals surface area contributed by atoms with Crippen LogP contribution in [0.2, 0.25) is 0 Å². The second-order valence-corrected chi connectivity index (χ2v) is 5.13. The summed E-state index contributed by atoms with van der Waals surface area (Å²) in [6, 6.07) is 13.2. The maximum absolute atomic E-state index is 12.0. The smallest absolute Gasteiger partial charge is 0.337 e. The van der Waals surface area contributed by atoms with Crippen LogP contribution in [-0.4, -0.2) is 38.5 Å². The Morgan fingerprint density at radius 1 is 0.960 bits per heavy atom. The monoisotopic (exact) mass is 341 g/mol. The molecule has 0 aromatic heterocycles. The molecule has 0 bridgehead atoms. The van der Waals surface area contributed by atoms with E-state index in [1.807, 2.05) is 0 Å². The molecule has 2 aromatic rings. The molecule has 25 heavy (non-hydrogen) atoms. The molecule has 0 fully saturated rings. The molecule has 0 saturated carbocycles. The number of hydrogen-bond acceptors (Lipinski definition) is 5. The molecular weight excluding hydrogens is 322 g/mol. The first-order valence-electron chi connectivity index (χ1n) is 7.57. The predicted molar refractivity (Wildman–Crippen MR) is 94.7 cm³/mol. The highest BCUT2D eigenvalue weighted by molar-refractivity contribution is 5.96. The molecule has 0 spiro atoms. The van der Waals surface area contributed by atoms with Crippen molar-refractivity contribution in [2.75, 3.05) is 31.3 Å². The van der Waals surface area contributed by atoms with Crippen LogP contribution in [0.1, 0.15) is 20.7 Å². The Kier molecular flexibility index (Phi) is 6.11. The van der Waals surface area contributed by atoms with Crippen molar-refractivity contribution in [3.8, 4) is 0 Å². The van der Waals surface area contributed by atoms with Gasteiger partial charge in [0.25, 0.3) is 5.91 Å². The fourth-order valence-electron chi connectivity index (χ4n) is 2.11. The summed E-state index contributed by atoms with van der Waals surface area (Å²) in [6.45, 7) is 0.0296. The number of amides is 2. The number of rotatable bonds is 6. The van der Waals surface area contributed by atoms with E-state index < -0.39 is 5.97 Å². The van der Waals surface area contributed by atoms with Crippen molar-refractivity contribution in [3.05, 3.63) is 59.7 Å². The minimum Gasteiger partial charge on any atom is -0.465 e. The standard InChI is InChI=1S/C18H19N3O4/c1-19-17(23)12-6-8-14(9-7-12)21-16(22)11-20-15-5-3-4-13(10-15)18(24)25-2/h3-10,20H,11H2,1-2H3,(H,19,23)(H,21,22). The summed E-state index contributed by atoms with van der Waals surface area (Å²) in [5.41, 5.74) is 2.13. The highest BCUT2D eigenvalue weighted by atomic mass is 16.5. The maximum Gasteiger partial charge on any atom is 0.337 e. The first kappa shape index (κ1) is 18.0. The van der Waals surface area contributed by atoms with Crippen molar-refractivity contribution in [2.45, 2.75) is 0 Å². The van der Waals surface area contributed by atoms with E-state index in [9.17, 15) is 14.4 Å². The minimum atomic E-state index is -0.440. The summed E-state index contributed by atoms with van der Waals surface area (Å²) in [5, 5.41) is 8.19. The van der Waals surface area contributed by atoms with Crippen molar-refractivity contribution in [1.82, 2.24) is 5.32 Å². The number of nitrogens with one attached hydrogen (secondary N) is 3. The molecule has 2 aromatic carbocycles. The Morgan fingerprint density at radius 3 is 2.32 bits per heavy atom. The molecule has 2 rings (SSSR count). The fourth-order valence-corrected chi connectivity index (χ4v) is 2.11. The van der Waals surface area contributed by atoms with Crippen LogP contribution in [0.5, 0.6) is 0 Å². The second kappa shape index (κ2) is 8.49. The van der Waals surface area contributed by atoms with Crippen molar-refractivity contribution >= 4 is 29.2 Å². The summed E-state index contributed by atoms with van der Waals surface area (Å²) in [5.74, 6) is -0.884. The van der Waals surface area contributed by atoms with E-state index in [2.05, 4.69) is 20.7 Å². The van der Waals surface area contributed by atoms with Gasteiger partial charge in [0.2, 0.25) is 5.91 Å². The van der Waals surface area contributed by atoms with Crippen molar-refractivity contribution in [2.24, 2.45) is 0 Å². The average Bonchev–Trinajstić information content (AvgIpc) is 2.66. The van der Waals surface area contributed by atoms with E-state index in [4.69, 9.17) is 0 Å². The third-order valence-corrected chi connectivity index (χ3v) is 3.39. The first-order chi connectivity index (χ1) is 12.0. The van der Waals surface area contributed by atoms with Gasteiger partial charge in [-0.1, -0.05) is 6.07 Å². The molecule has 0 heterocycles. The van der Waals surface area contributed by atoms with Crippen LogP contribution >= 0.6 is 0 Å². The second-order valence-electron chi connectivity index (χ2n) is 5.13. The molecule has 0 aliphatic rings. The van der Waals surface area contributed by atoms with Gasteiger partial charge in [-0.05, 0) is 42.5 Å². The number of hydrogen-bond donors (Lipinski definition) is 3. The van der Waals surface area contributed by atoms with Crippen molar-refractivity contribution in [1.29, 1.82) is 0 Å². The number of carbonyl (C=O) groups excluding carboxylic acids is 3. The van der Waals surface area contributed by atoms with Gasteiger partial charge in [0.1, 0.15) is 0 Å². The normalized spacial score (nSPS) is 9.84. The molecule has 0 unspecified atom stereocenters. The highest BCUT2D eigenvalue weighted by Gasteiger charge is 2.07. The number of ether oxygens (including phenoxy) is 1. The van der Waals surface area contributed by atoms with Crippen LogP contribution in [0.4, 0.5) is 11.4 Å². The zero-order valence-electron chi connectivity index (χ0n) is 14.0. The zero-order chi connectivity index (χ0) is 18.2. The van der Waals surface area contributed by atoms with Gasteiger partial charge in [-0.25, -0.2) is 4.79 Å². The molecule has 0 saturated heterocycles. The van der Waals surface area contributed by atoms with E-state index in [-0.39, 0.29) is 18.4 Å². The van der Waals surface area contributed by atoms with Crippen LogP contribution in [0.3, 0.4) is 0 Å². The molecule has 0 atom stereocenters. The molecule has 7 heteroatoms. The lowest BCUT2D eigenvalue weighted by molar-refractivity contribution is -0.114. The quantitative estimate of drug-likeness (QED) is 0.697. The van der Waals surface area contributed by atoms with Gasteiger partial charge < -0.3 is 20.7 Å². The Balaban J connectivity index is 1.90. The molecule has 3 N–H and O–H groups in total. The van der Waals surface area contributed by atoms with Gasteiger partial charge in [0.05, 0.1) is 19.2 Å². The topological polar surface area (TPSA) is 96.5 Å². The number of esters is 1. The number of anilines is 2. The lowest BCUT2D eigenvalue weighted by Crippen LogP contribution is -2.22. The van der Waals surface area contributed by atoms with Crippen LogP contribution in [0.15, 0.2) is 48.5 Å². The minimum absolute atomic E-state index is 0.0296.